The van der Waals surface area contributed by atoms with Crippen molar-refractivity contribution in [3.8, 4) is 5.75 Å². The lowest BCUT2D eigenvalue weighted by Crippen LogP contribution is -2.46. The van der Waals surface area contributed by atoms with Crippen LogP contribution in [0.15, 0.2) is 29.6 Å². The summed E-state index contributed by atoms with van der Waals surface area (Å²) in [5.41, 5.74) is 2.20. The first kappa shape index (κ1) is 20.9. The van der Waals surface area contributed by atoms with E-state index in [-0.39, 0.29) is 17.7 Å². The molecule has 0 spiro atoms. The third-order valence-electron chi connectivity index (χ3n) is 7.69. The Bertz CT molecular complexity index is 889. The number of methoxy groups -OCH3 is 1. The van der Waals surface area contributed by atoms with Gasteiger partial charge in [-0.25, -0.2) is 0 Å². The topological polar surface area (TPSA) is 58.6 Å². The molecule has 0 bridgehead atoms. The van der Waals surface area contributed by atoms with Gasteiger partial charge >= 0.3 is 0 Å². The van der Waals surface area contributed by atoms with Crippen LogP contribution in [0.25, 0.3) is 0 Å². The van der Waals surface area contributed by atoms with Crippen LogP contribution in [0.4, 0.5) is 0 Å². The summed E-state index contributed by atoms with van der Waals surface area (Å²) in [5.74, 6) is 3.20. The van der Waals surface area contributed by atoms with Crippen molar-refractivity contribution in [1.82, 2.24) is 19.4 Å². The Labute approximate surface area is 188 Å². The van der Waals surface area contributed by atoms with Crippen molar-refractivity contribution in [3.05, 3.63) is 40.9 Å². The van der Waals surface area contributed by atoms with Crippen molar-refractivity contribution in [2.24, 2.45) is 11.8 Å². The lowest BCUT2D eigenvalue weighted by atomic mass is 9.75. The van der Waals surface area contributed by atoms with Gasteiger partial charge in [-0.15, -0.1) is 5.10 Å². The number of carbonyl (C=O) groups is 1. The molecule has 2 aliphatic heterocycles. The van der Waals surface area contributed by atoms with Crippen LogP contribution in [-0.4, -0.2) is 65.1 Å². The molecule has 2 saturated heterocycles. The number of aromatic nitrogens is 2. The largest absolute Gasteiger partial charge is 0.497 e. The van der Waals surface area contributed by atoms with E-state index in [0.29, 0.717) is 13.1 Å². The van der Waals surface area contributed by atoms with Crippen molar-refractivity contribution in [2.45, 2.75) is 43.9 Å². The Kier molecular flexibility index (Phi) is 6.23. The number of hydrogen-bond donors (Lipinski definition) is 0. The standard InChI is InChI=1S/C24H32N4O2S/c1-30-20-8-4-7-18(11-20)21-13-28(14-22(21)23-16-31-26-25-23)24(29)15-27-10-9-17-5-2-3-6-19(17)12-27/h4,7-8,11,16-17,19,21-22H,2-3,5-6,9-10,12-15H2,1H3/t17-,19-,21-,22+/m0/s1. The first-order chi connectivity index (χ1) is 15.2. The Morgan fingerprint density at radius 2 is 1.97 bits per heavy atom. The lowest BCUT2D eigenvalue weighted by Gasteiger charge is -2.41. The first-order valence-corrected chi connectivity index (χ1v) is 12.5. The van der Waals surface area contributed by atoms with Gasteiger partial charge in [-0.05, 0) is 60.5 Å². The summed E-state index contributed by atoms with van der Waals surface area (Å²) in [7, 11) is 1.70. The maximum atomic E-state index is 13.3. The molecule has 2 aromatic rings. The zero-order valence-corrected chi connectivity index (χ0v) is 19.1. The Morgan fingerprint density at radius 3 is 2.77 bits per heavy atom. The zero-order chi connectivity index (χ0) is 21.2. The number of hydrogen-bond acceptors (Lipinski definition) is 6. The number of benzene rings is 1. The van der Waals surface area contributed by atoms with E-state index in [4.69, 9.17) is 4.74 Å². The summed E-state index contributed by atoms with van der Waals surface area (Å²) >= 11 is 1.38. The molecule has 1 saturated carbocycles. The smallest absolute Gasteiger partial charge is 0.236 e. The fourth-order valence-corrected chi connectivity index (χ4v) is 6.48. The molecule has 5 rings (SSSR count). The van der Waals surface area contributed by atoms with Gasteiger partial charge in [0.2, 0.25) is 5.91 Å². The van der Waals surface area contributed by atoms with Gasteiger partial charge in [0.05, 0.1) is 19.3 Å². The predicted octanol–water partition coefficient (Wildman–Crippen LogP) is 3.77. The van der Waals surface area contributed by atoms with E-state index >= 15 is 0 Å². The molecule has 1 aliphatic carbocycles. The van der Waals surface area contributed by atoms with Crippen LogP contribution in [0.1, 0.15) is 55.2 Å². The lowest BCUT2D eigenvalue weighted by molar-refractivity contribution is -0.132. The molecule has 1 aromatic heterocycles. The van der Waals surface area contributed by atoms with Crippen LogP contribution in [0.5, 0.6) is 5.75 Å². The molecule has 3 heterocycles. The maximum Gasteiger partial charge on any atom is 0.236 e. The average molecular weight is 441 g/mol. The zero-order valence-electron chi connectivity index (χ0n) is 18.3. The molecule has 3 fully saturated rings. The fourth-order valence-electron chi connectivity index (χ4n) is 5.96. The van der Waals surface area contributed by atoms with Crippen molar-refractivity contribution in [3.63, 3.8) is 0 Å². The molecular weight excluding hydrogens is 408 g/mol. The number of fused-ring (bicyclic) bond motifs is 1. The van der Waals surface area contributed by atoms with Crippen molar-refractivity contribution >= 4 is 17.4 Å². The van der Waals surface area contributed by atoms with Gasteiger partial charge < -0.3 is 9.64 Å². The third kappa shape index (κ3) is 4.48. The number of nitrogens with zero attached hydrogens (tertiary/aromatic N) is 4. The monoisotopic (exact) mass is 440 g/mol. The van der Waals surface area contributed by atoms with E-state index in [1.165, 1.54) is 49.2 Å². The van der Waals surface area contributed by atoms with E-state index in [9.17, 15) is 4.79 Å². The van der Waals surface area contributed by atoms with Crippen LogP contribution in [0.2, 0.25) is 0 Å². The quantitative estimate of drug-likeness (QED) is 0.708. The molecule has 0 radical (unpaired) electrons. The number of likely N-dealkylation sites (tertiary alicyclic amines) is 2. The van der Waals surface area contributed by atoms with Gasteiger partial charge in [0.25, 0.3) is 0 Å². The minimum absolute atomic E-state index is 0.180. The summed E-state index contributed by atoms with van der Waals surface area (Å²) in [4.78, 5) is 17.8. The number of rotatable bonds is 5. The van der Waals surface area contributed by atoms with Gasteiger partial charge in [-0.3, -0.25) is 9.69 Å². The summed E-state index contributed by atoms with van der Waals surface area (Å²) in [6.45, 7) is 4.17. The number of ether oxygens (including phenoxy) is 1. The second kappa shape index (κ2) is 9.25. The Morgan fingerprint density at radius 1 is 1.13 bits per heavy atom. The minimum Gasteiger partial charge on any atom is -0.497 e. The summed E-state index contributed by atoms with van der Waals surface area (Å²) < 4.78 is 9.53. The van der Waals surface area contributed by atoms with Crippen LogP contribution in [0.3, 0.4) is 0 Å². The van der Waals surface area contributed by atoms with Gasteiger partial charge in [-0.2, -0.15) is 0 Å². The fraction of sp³-hybridized carbons (Fsp3) is 0.625. The summed E-state index contributed by atoms with van der Waals surface area (Å²) in [6, 6.07) is 8.24. The molecule has 0 N–H and O–H groups in total. The van der Waals surface area contributed by atoms with Crippen molar-refractivity contribution in [1.29, 1.82) is 0 Å². The maximum absolute atomic E-state index is 13.3. The predicted molar refractivity (Wildman–Crippen MR) is 121 cm³/mol. The molecular formula is C24H32N4O2S. The number of piperidine rings is 1. The number of amides is 1. The molecule has 7 heteroatoms. The normalized spacial score (nSPS) is 29.0. The molecule has 31 heavy (non-hydrogen) atoms. The van der Waals surface area contributed by atoms with Crippen LogP contribution >= 0.6 is 11.5 Å². The number of carbonyl (C=O) groups excluding carboxylic acids is 1. The van der Waals surface area contributed by atoms with E-state index in [1.54, 1.807) is 7.11 Å². The van der Waals surface area contributed by atoms with Crippen molar-refractivity contribution in [2.75, 3.05) is 39.8 Å². The highest BCUT2D eigenvalue weighted by Crippen LogP contribution is 2.40. The second-order valence-corrected chi connectivity index (χ2v) is 10.1. The SMILES string of the molecule is COc1cccc([C@@H]2CN(C(=O)CN3CC[C@@H]4CCCC[C@H]4C3)C[C@H]2c2csnn2)c1. The molecule has 1 amide bonds. The molecule has 3 aliphatic rings. The van der Waals surface area contributed by atoms with E-state index < -0.39 is 0 Å². The molecule has 1 aromatic carbocycles. The average Bonchev–Trinajstić information content (AvgIpc) is 3.49. The first-order valence-electron chi connectivity index (χ1n) is 11.6. The van der Waals surface area contributed by atoms with Crippen molar-refractivity contribution < 1.29 is 9.53 Å². The second-order valence-electron chi connectivity index (χ2n) is 9.45. The van der Waals surface area contributed by atoms with Gasteiger partial charge in [0.15, 0.2) is 0 Å². The highest BCUT2D eigenvalue weighted by Gasteiger charge is 2.39. The van der Waals surface area contributed by atoms with Gasteiger partial charge in [0.1, 0.15) is 5.75 Å². The van der Waals surface area contributed by atoms with Crippen LogP contribution < -0.4 is 4.74 Å². The van der Waals surface area contributed by atoms with E-state index in [1.807, 2.05) is 17.5 Å². The van der Waals surface area contributed by atoms with E-state index in [2.05, 4.69) is 31.5 Å². The molecule has 4 atom stereocenters. The highest BCUT2D eigenvalue weighted by atomic mass is 32.1. The highest BCUT2D eigenvalue weighted by molar-refractivity contribution is 7.03. The van der Waals surface area contributed by atoms with Gasteiger partial charge in [-0.1, -0.05) is 35.9 Å². The van der Waals surface area contributed by atoms with Gasteiger partial charge in [0, 0.05) is 36.9 Å². The van der Waals surface area contributed by atoms with Crippen LogP contribution in [-0.2, 0) is 4.79 Å². The summed E-state index contributed by atoms with van der Waals surface area (Å²) in [5, 5.41) is 6.39. The molecule has 0 unspecified atom stereocenters. The van der Waals surface area contributed by atoms with E-state index in [0.717, 1.165) is 42.9 Å². The van der Waals surface area contributed by atoms with Crippen LogP contribution in [0, 0.1) is 11.8 Å². The minimum atomic E-state index is 0.180. The Balaban J connectivity index is 1.29. The Hall–Kier alpha value is -1.99. The molecule has 166 valence electrons. The third-order valence-corrected chi connectivity index (χ3v) is 8.21. The molecule has 6 nitrogen and oxygen atoms in total. The summed E-state index contributed by atoms with van der Waals surface area (Å²) in [6.07, 6.45) is 6.75.